The molecule has 0 atom stereocenters. The van der Waals surface area contributed by atoms with E-state index in [4.69, 9.17) is 14.9 Å². The molecule has 0 unspecified atom stereocenters. The zero-order chi connectivity index (χ0) is 19.8. The number of ether oxygens (including phenoxy) is 1. The lowest BCUT2D eigenvalue weighted by Gasteiger charge is -2.29. The minimum absolute atomic E-state index is 0.125. The van der Waals surface area contributed by atoms with E-state index in [1.807, 2.05) is 0 Å². The van der Waals surface area contributed by atoms with Crippen molar-refractivity contribution in [3.8, 4) is 5.75 Å². The van der Waals surface area contributed by atoms with E-state index in [1.54, 1.807) is 31.2 Å². The Kier molecular flexibility index (Phi) is 4.78. The molecule has 3 rings (SSSR count). The first-order chi connectivity index (χ1) is 12.7. The molecular weight excluding hydrogens is 346 g/mol. The van der Waals surface area contributed by atoms with Crippen LogP contribution in [0.25, 0.3) is 0 Å². The summed E-state index contributed by atoms with van der Waals surface area (Å²) < 4.78 is 10.9. The van der Waals surface area contributed by atoms with Gasteiger partial charge in [-0.1, -0.05) is 26.0 Å². The van der Waals surface area contributed by atoms with Gasteiger partial charge in [0, 0.05) is 17.5 Å². The second-order valence-electron chi connectivity index (χ2n) is 7.44. The molecule has 0 saturated heterocycles. The number of carbonyl (C=O) groups is 2. The predicted octanol–water partition coefficient (Wildman–Crippen LogP) is 2.80. The Hall–Kier alpha value is -3.09. The largest absolute Gasteiger partial charge is 0.496 e. The first-order valence-corrected chi connectivity index (χ1v) is 8.66. The van der Waals surface area contributed by atoms with Crippen molar-refractivity contribution in [2.75, 3.05) is 7.11 Å². The normalized spacial score (nSPS) is 16.7. The lowest BCUT2D eigenvalue weighted by atomic mass is 9.75. The van der Waals surface area contributed by atoms with E-state index in [2.05, 4.69) is 24.4 Å². The van der Waals surface area contributed by atoms with Gasteiger partial charge < -0.3 is 14.9 Å². The summed E-state index contributed by atoms with van der Waals surface area (Å²) in [5.41, 5.74) is 10.3. The molecule has 0 aliphatic heterocycles. The number of hydrogen-bond donors (Lipinski definition) is 2. The molecule has 7 heteroatoms. The first-order valence-electron chi connectivity index (χ1n) is 8.66. The Labute approximate surface area is 157 Å². The van der Waals surface area contributed by atoms with Crippen LogP contribution < -0.4 is 15.9 Å². The molecule has 0 saturated carbocycles. The van der Waals surface area contributed by atoms with Crippen LogP contribution in [0.3, 0.4) is 0 Å². The molecule has 1 aromatic carbocycles. The summed E-state index contributed by atoms with van der Waals surface area (Å²) >= 11 is 0. The van der Waals surface area contributed by atoms with Crippen LogP contribution in [-0.2, 0) is 6.42 Å². The number of primary amides is 1. The highest BCUT2D eigenvalue weighted by Crippen LogP contribution is 2.38. The number of nitrogens with one attached hydrogen (secondary N) is 1. The van der Waals surface area contributed by atoms with Crippen LogP contribution in [-0.4, -0.2) is 24.6 Å². The van der Waals surface area contributed by atoms with Gasteiger partial charge in [-0.2, -0.15) is 5.10 Å². The minimum Gasteiger partial charge on any atom is -0.496 e. The Morgan fingerprint density at radius 3 is 2.63 bits per heavy atom. The van der Waals surface area contributed by atoms with Gasteiger partial charge in [0.05, 0.1) is 18.4 Å². The fraction of sp³-hybridized carbons (Fsp3) is 0.350. The highest BCUT2D eigenvalue weighted by atomic mass is 16.5. The summed E-state index contributed by atoms with van der Waals surface area (Å²) in [4.78, 5) is 24.2. The second-order valence-corrected chi connectivity index (χ2v) is 7.44. The van der Waals surface area contributed by atoms with Crippen molar-refractivity contribution in [1.82, 2.24) is 5.43 Å². The maximum atomic E-state index is 12.5. The van der Waals surface area contributed by atoms with Crippen molar-refractivity contribution in [3.63, 3.8) is 0 Å². The maximum absolute atomic E-state index is 12.5. The van der Waals surface area contributed by atoms with E-state index >= 15 is 0 Å². The molecule has 142 valence electrons. The molecule has 2 aromatic rings. The minimum atomic E-state index is -0.614. The Morgan fingerprint density at radius 2 is 1.96 bits per heavy atom. The second kappa shape index (κ2) is 6.90. The van der Waals surface area contributed by atoms with E-state index in [0.29, 0.717) is 41.2 Å². The summed E-state index contributed by atoms with van der Waals surface area (Å²) in [7, 11) is 1.51. The quantitative estimate of drug-likeness (QED) is 0.808. The highest BCUT2D eigenvalue weighted by molar-refractivity contribution is 6.07. The maximum Gasteiger partial charge on any atom is 0.284 e. The van der Waals surface area contributed by atoms with Crippen LogP contribution in [0.4, 0.5) is 0 Å². The summed E-state index contributed by atoms with van der Waals surface area (Å²) in [6.45, 7) is 5.93. The van der Waals surface area contributed by atoms with Gasteiger partial charge in [-0.25, -0.2) is 5.43 Å². The van der Waals surface area contributed by atoms with Gasteiger partial charge in [0.2, 0.25) is 0 Å². The molecule has 1 heterocycles. The molecule has 0 radical (unpaired) electrons. The first kappa shape index (κ1) is 18.7. The van der Waals surface area contributed by atoms with Crippen molar-refractivity contribution < 1.29 is 18.7 Å². The smallest absolute Gasteiger partial charge is 0.284 e. The lowest BCUT2D eigenvalue weighted by Crippen LogP contribution is -2.29. The highest BCUT2D eigenvalue weighted by Gasteiger charge is 2.35. The number of methoxy groups -OCH3 is 1. The van der Waals surface area contributed by atoms with Crippen molar-refractivity contribution in [1.29, 1.82) is 0 Å². The summed E-state index contributed by atoms with van der Waals surface area (Å²) in [5, 5.41) is 4.35. The van der Waals surface area contributed by atoms with E-state index in [9.17, 15) is 9.59 Å². The van der Waals surface area contributed by atoms with Crippen LogP contribution in [0, 0.1) is 12.3 Å². The molecule has 1 aromatic heterocycles. The number of amides is 2. The van der Waals surface area contributed by atoms with Gasteiger partial charge in [-0.05, 0) is 30.9 Å². The van der Waals surface area contributed by atoms with Crippen LogP contribution in [0.2, 0.25) is 0 Å². The number of rotatable bonds is 4. The summed E-state index contributed by atoms with van der Waals surface area (Å²) in [5.74, 6) is 0.290. The summed E-state index contributed by atoms with van der Waals surface area (Å²) in [6.07, 6.45) is 1.29. The van der Waals surface area contributed by atoms with E-state index < -0.39 is 5.91 Å². The number of nitrogens with zero attached hydrogens (tertiary/aromatic N) is 1. The Morgan fingerprint density at radius 1 is 1.26 bits per heavy atom. The Bertz CT molecular complexity index is 941. The van der Waals surface area contributed by atoms with Gasteiger partial charge in [-0.3, -0.25) is 9.59 Å². The van der Waals surface area contributed by atoms with Gasteiger partial charge in [0.1, 0.15) is 11.5 Å². The summed E-state index contributed by atoms with van der Waals surface area (Å²) in [6, 6.07) is 6.92. The number of fused-ring (bicyclic) bond motifs is 1. The van der Waals surface area contributed by atoms with E-state index in [-0.39, 0.29) is 17.1 Å². The van der Waals surface area contributed by atoms with Crippen LogP contribution in [0.1, 0.15) is 58.1 Å². The molecule has 2 amide bonds. The molecule has 0 spiro atoms. The molecule has 0 fully saturated rings. The zero-order valence-electron chi connectivity index (χ0n) is 15.9. The average Bonchev–Trinajstić information content (AvgIpc) is 2.94. The molecule has 1 aliphatic carbocycles. The predicted molar refractivity (Wildman–Crippen MR) is 101 cm³/mol. The molecule has 1 aliphatic rings. The zero-order valence-corrected chi connectivity index (χ0v) is 15.9. The van der Waals surface area contributed by atoms with Gasteiger partial charge >= 0.3 is 0 Å². The van der Waals surface area contributed by atoms with Crippen LogP contribution in [0.5, 0.6) is 5.75 Å². The monoisotopic (exact) mass is 369 g/mol. The Balaban J connectivity index is 1.97. The number of hydrogen-bond acceptors (Lipinski definition) is 5. The van der Waals surface area contributed by atoms with Gasteiger partial charge in [-0.15, -0.1) is 0 Å². The van der Waals surface area contributed by atoms with Crippen molar-refractivity contribution in [2.24, 2.45) is 16.3 Å². The molecular formula is C20H23N3O4. The lowest BCUT2D eigenvalue weighted by molar-refractivity contribution is 0.0949. The van der Waals surface area contributed by atoms with Crippen molar-refractivity contribution >= 4 is 17.5 Å². The number of benzene rings is 1. The number of hydrazone groups is 1. The van der Waals surface area contributed by atoms with Crippen molar-refractivity contribution in [2.45, 2.75) is 33.6 Å². The van der Waals surface area contributed by atoms with E-state index in [1.165, 1.54) is 7.11 Å². The van der Waals surface area contributed by atoms with E-state index in [0.717, 1.165) is 5.56 Å². The van der Waals surface area contributed by atoms with Crippen LogP contribution in [0.15, 0.2) is 33.8 Å². The number of nitrogens with two attached hydrogens (primary N) is 1. The number of carbonyl (C=O) groups excluding carboxylic acids is 2. The molecule has 3 N–H and O–H groups in total. The SMILES string of the molecule is COc1ccccc1C(=O)N/N=C1\CC(C)(C)Cc2oc(C(N)=O)c(C)c21. The fourth-order valence-electron chi connectivity index (χ4n) is 3.46. The third kappa shape index (κ3) is 3.58. The average molecular weight is 369 g/mol. The van der Waals surface area contributed by atoms with Crippen molar-refractivity contribution in [3.05, 3.63) is 52.5 Å². The molecule has 0 bridgehead atoms. The number of furan rings is 1. The number of para-hydroxylation sites is 1. The standard InChI is InChI=1S/C20H23N3O4/c1-11-16-13(9-20(2,3)10-15(16)27-17(11)18(21)24)22-23-19(25)12-7-5-6-8-14(12)26-4/h5-8H,9-10H2,1-4H3,(H2,21,24)(H,23,25)/b22-13+. The van der Waals surface area contributed by atoms with Gasteiger partial charge in [0.25, 0.3) is 11.8 Å². The topological polar surface area (TPSA) is 107 Å². The fourth-order valence-corrected chi connectivity index (χ4v) is 3.46. The van der Waals surface area contributed by atoms with Crippen LogP contribution >= 0.6 is 0 Å². The third-order valence-corrected chi connectivity index (χ3v) is 4.66. The molecule has 27 heavy (non-hydrogen) atoms. The molecule has 7 nitrogen and oxygen atoms in total. The van der Waals surface area contributed by atoms with Gasteiger partial charge in [0.15, 0.2) is 5.76 Å². The third-order valence-electron chi connectivity index (χ3n) is 4.66.